The fourth-order valence-corrected chi connectivity index (χ4v) is 5.45. The molecular formula is C28H19ClFN7O2S. The van der Waals surface area contributed by atoms with Gasteiger partial charge in [-0.2, -0.15) is 4.68 Å². The van der Waals surface area contributed by atoms with Crippen LogP contribution in [0, 0.1) is 5.82 Å². The summed E-state index contributed by atoms with van der Waals surface area (Å²) < 4.78 is 16.3. The third kappa shape index (κ3) is 4.99. The molecule has 6 aromatic rings. The summed E-state index contributed by atoms with van der Waals surface area (Å²) in [4.78, 5) is 23.5. The number of aromatic amines is 1. The molecule has 4 heterocycles. The minimum Gasteiger partial charge on any atom is -0.477 e. The van der Waals surface area contributed by atoms with Gasteiger partial charge in [0.25, 0.3) is 0 Å². The monoisotopic (exact) mass is 571 g/mol. The third-order valence-corrected chi connectivity index (χ3v) is 7.61. The number of nitrogens with zero attached hydrogens (tertiary/aromatic N) is 6. The number of carboxylic acid groups (broad SMARTS) is 1. The molecule has 1 unspecified atom stereocenters. The number of tetrazole rings is 1. The van der Waals surface area contributed by atoms with Crippen molar-refractivity contribution in [3.8, 4) is 28.1 Å². The van der Waals surface area contributed by atoms with Crippen molar-refractivity contribution in [2.24, 2.45) is 0 Å². The average Bonchev–Trinajstić information content (AvgIpc) is 3.74. The molecule has 2 aromatic carbocycles. The molecular weight excluding hydrogens is 553 g/mol. The van der Waals surface area contributed by atoms with E-state index in [2.05, 4.69) is 25.5 Å². The first kappa shape index (κ1) is 25.5. The van der Waals surface area contributed by atoms with E-state index in [1.54, 1.807) is 16.9 Å². The number of halogens is 2. The number of hydrogen-bond donors (Lipinski definition) is 2. The largest absolute Gasteiger partial charge is 0.477 e. The second-order valence-electron chi connectivity index (χ2n) is 8.91. The van der Waals surface area contributed by atoms with Crippen LogP contribution < -0.4 is 0 Å². The number of benzene rings is 2. The van der Waals surface area contributed by atoms with Gasteiger partial charge in [0.2, 0.25) is 0 Å². The van der Waals surface area contributed by atoms with Crippen molar-refractivity contribution in [3.63, 3.8) is 0 Å². The van der Waals surface area contributed by atoms with Crippen molar-refractivity contribution in [1.29, 1.82) is 0 Å². The Morgan fingerprint density at radius 1 is 1.07 bits per heavy atom. The maximum absolute atomic E-state index is 14.8. The van der Waals surface area contributed by atoms with Gasteiger partial charge in [0.15, 0.2) is 5.82 Å². The lowest BCUT2D eigenvalue weighted by molar-refractivity contribution is 0.0698. The molecule has 0 fully saturated rings. The van der Waals surface area contributed by atoms with E-state index in [0.29, 0.717) is 23.0 Å². The molecule has 0 aliphatic carbocycles. The number of H-pyrrole nitrogens is 1. The highest BCUT2D eigenvalue weighted by atomic mass is 35.5. The van der Waals surface area contributed by atoms with Crippen molar-refractivity contribution >= 4 is 28.9 Å². The van der Waals surface area contributed by atoms with Crippen molar-refractivity contribution in [1.82, 2.24) is 35.2 Å². The van der Waals surface area contributed by atoms with Crippen molar-refractivity contribution in [2.45, 2.75) is 12.3 Å². The number of hydrogen-bond acceptors (Lipinski definition) is 7. The number of carbonyl (C=O) groups is 1. The summed E-state index contributed by atoms with van der Waals surface area (Å²) in [5.74, 6) is -1.79. The van der Waals surface area contributed by atoms with Gasteiger partial charge in [0, 0.05) is 33.3 Å². The molecule has 2 N–H and O–H groups in total. The number of carboxylic acids is 1. The predicted molar refractivity (Wildman–Crippen MR) is 148 cm³/mol. The highest BCUT2D eigenvalue weighted by Gasteiger charge is 2.24. The van der Waals surface area contributed by atoms with E-state index in [0.717, 1.165) is 39.4 Å². The predicted octanol–water partition coefficient (Wildman–Crippen LogP) is 6.04. The zero-order valence-electron chi connectivity index (χ0n) is 20.6. The molecule has 0 saturated heterocycles. The number of aromatic carboxylic acids is 1. The summed E-state index contributed by atoms with van der Waals surface area (Å²) >= 11 is 7.15. The Labute approximate surface area is 236 Å². The van der Waals surface area contributed by atoms with Crippen LogP contribution in [0.1, 0.15) is 32.7 Å². The zero-order chi connectivity index (χ0) is 27.6. The Morgan fingerprint density at radius 3 is 2.62 bits per heavy atom. The van der Waals surface area contributed by atoms with E-state index in [9.17, 15) is 14.3 Å². The van der Waals surface area contributed by atoms with Crippen LogP contribution in [0.25, 0.3) is 28.1 Å². The lowest BCUT2D eigenvalue weighted by Crippen LogP contribution is -2.09. The Balaban J connectivity index is 1.38. The van der Waals surface area contributed by atoms with Gasteiger partial charge in [-0.3, -0.25) is 4.98 Å². The molecule has 40 heavy (non-hydrogen) atoms. The van der Waals surface area contributed by atoms with Crippen LogP contribution >= 0.6 is 22.9 Å². The lowest BCUT2D eigenvalue weighted by atomic mass is 9.94. The number of rotatable bonds is 8. The maximum Gasteiger partial charge on any atom is 0.348 e. The third-order valence-electron chi connectivity index (χ3n) is 6.43. The van der Waals surface area contributed by atoms with Crippen molar-refractivity contribution < 1.29 is 14.3 Å². The zero-order valence-corrected chi connectivity index (χ0v) is 22.1. The molecule has 0 radical (unpaired) electrons. The van der Waals surface area contributed by atoms with Crippen molar-refractivity contribution in [2.75, 3.05) is 0 Å². The van der Waals surface area contributed by atoms with Gasteiger partial charge < -0.3 is 10.1 Å². The Kier molecular flexibility index (Phi) is 6.89. The fourth-order valence-electron chi connectivity index (χ4n) is 4.49. The molecule has 0 amide bonds. The lowest BCUT2D eigenvalue weighted by Gasteiger charge is -2.16. The summed E-state index contributed by atoms with van der Waals surface area (Å²) in [6.07, 6.45) is 5.37. The van der Waals surface area contributed by atoms with E-state index in [1.807, 2.05) is 54.6 Å². The number of thiophene rings is 1. The van der Waals surface area contributed by atoms with Gasteiger partial charge >= 0.3 is 5.97 Å². The van der Waals surface area contributed by atoms with E-state index in [4.69, 9.17) is 16.6 Å². The van der Waals surface area contributed by atoms with Crippen LogP contribution in [0.15, 0.2) is 84.8 Å². The maximum atomic E-state index is 14.8. The fraction of sp³-hybridized carbons (Fsp3) is 0.0714. The number of nitrogens with one attached hydrogen (secondary N) is 1. The van der Waals surface area contributed by atoms with Gasteiger partial charge in [-0.25, -0.2) is 14.2 Å². The quantitative estimate of drug-likeness (QED) is 0.228. The number of pyridine rings is 1. The minimum absolute atomic E-state index is 0.166. The second-order valence-corrected chi connectivity index (χ2v) is 10.2. The van der Waals surface area contributed by atoms with E-state index in [1.165, 1.54) is 17.9 Å². The van der Waals surface area contributed by atoms with Gasteiger partial charge in [-0.05, 0) is 46.7 Å². The van der Waals surface area contributed by atoms with E-state index >= 15 is 0 Å². The molecule has 0 aliphatic rings. The van der Waals surface area contributed by atoms with Crippen LogP contribution in [-0.2, 0) is 6.42 Å². The van der Waals surface area contributed by atoms with E-state index < -0.39 is 11.8 Å². The molecule has 6 rings (SSSR count). The molecule has 0 saturated carbocycles. The summed E-state index contributed by atoms with van der Waals surface area (Å²) in [6, 6.07) is 19.2. The van der Waals surface area contributed by atoms with Crippen molar-refractivity contribution in [3.05, 3.63) is 118 Å². The summed E-state index contributed by atoms with van der Waals surface area (Å²) in [7, 11) is 0. The SMILES string of the molecule is O=C(O)c1scc(-c2cnc(C(Cc3ccccc3)c3ccc(-c4cc(Cl)ccc4-n4cnnn4)cn3)[nH]2)c1F. The van der Waals surface area contributed by atoms with Gasteiger partial charge in [0.1, 0.15) is 17.0 Å². The topological polar surface area (TPSA) is 122 Å². The Bertz CT molecular complexity index is 1790. The van der Waals surface area contributed by atoms with Crippen LogP contribution in [0.3, 0.4) is 0 Å². The molecule has 9 nitrogen and oxygen atoms in total. The highest BCUT2D eigenvalue weighted by Crippen LogP contribution is 2.34. The normalized spacial score (nSPS) is 11.9. The first-order chi connectivity index (χ1) is 19.5. The summed E-state index contributed by atoms with van der Waals surface area (Å²) in [6.45, 7) is 0. The minimum atomic E-state index is -1.30. The molecule has 198 valence electrons. The molecule has 0 spiro atoms. The first-order valence-corrected chi connectivity index (χ1v) is 13.3. The smallest absolute Gasteiger partial charge is 0.348 e. The highest BCUT2D eigenvalue weighted by molar-refractivity contribution is 7.12. The average molecular weight is 572 g/mol. The van der Waals surface area contributed by atoms with Crippen LogP contribution in [0.2, 0.25) is 5.02 Å². The molecule has 0 bridgehead atoms. The standard InChI is InChI=1S/C28H19ClFN7O2S/c29-18-7-9-24(37-15-33-35-36-37)19(11-18)17-6-8-22(31-12-17)20(10-16-4-2-1-3-5-16)27-32-13-23(34-27)21-14-40-26(25(21)30)28(38)39/h1-9,11-15,20H,10H2,(H,32,34)(H,38,39). The molecule has 12 heteroatoms. The molecule has 0 aliphatic heterocycles. The molecule has 4 aromatic heterocycles. The Morgan fingerprint density at radius 2 is 1.93 bits per heavy atom. The number of imidazole rings is 1. The van der Waals surface area contributed by atoms with Crippen LogP contribution in [0.4, 0.5) is 4.39 Å². The van der Waals surface area contributed by atoms with Gasteiger partial charge in [-0.1, -0.05) is 48.0 Å². The van der Waals surface area contributed by atoms with Gasteiger partial charge in [0.05, 0.1) is 29.2 Å². The van der Waals surface area contributed by atoms with Crippen LogP contribution in [0.5, 0.6) is 0 Å². The molecule has 1 atom stereocenters. The summed E-state index contributed by atoms with van der Waals surface area (Å²) in [5.41, 5.74) is 4.75. The summed E-state index contributed by atoms with van der Waals surface area (Å²) in [5, 5.41) is 22.7. The van der Waals surface area contributed by atoms with Crippen LogP contribution in [-0.4, -0.2) is 46.2 Å². The van der Waals surface area contributed by atoms with Gasteiger partial charge in [-0.15, -0.1) is 16.4 Å². The Hall–Kier alpha value is -4.74. The first-order valence-electron chi connectivity index (χ1n) is 12.1. The second kappa shape index (κ2) is 10.8. The number of aromatic nitrogens is 7. The van der Waals surface area contributed by atoms with E-state index in [-0.39, 0.29) is 16.4 Å².